The molecule has 1 aromatic rings. The number of morpholine rings is 1. The predicted octanol–water partition coefficient (Wildman–Crippen LogP) is 0.613. The van der Waals surface area contributed by atoms with Crippen molar-refractivity contribution in [2.75, 3.05) is 39.4 Å². The SMILES string of the molecule is O=C(NCCN1CCOCC1)C1=NN(Cc2ccccc2)C(=O)CC1. The molecule has 2 heterocycles. The van der Waals surface area contributed by atoms with Gasteiger partial charge in [0.1, 0.15) is 5.71 Å². The van der Waals surface area contributed by atoms with Crippen LogP contribution in [0.15, 0.2) is 35.4 Å². The molecule has 7 nitrogen and oxygen atoms in total. The number of rotatable bonds is 6. The Labute approximate surface area is 147 Å². The number of ether oxygens (including phenoxy) is 1. The zero-order valence-electron chi connectivity index (χ0n) is 14.3. The molecule has 0 bridgehead atoms. The normalized spacial score (nSPS) is 18.8. The number of carbonyl (C=O) groups is 2. The molecule has 0 aromatic heterocycles. The number of nitrogens with zero attached hydrogens (tertiary/aromatic N) is 3. The molecule has 134 valence electrons. The third-order valence-corrected chi connectivity index (χ3v) is 4.36. The van der Waals surface area contributed by atoms with Gasteiger partial charge in [0, 0.05) is 39.0 Å². The lowest BCUT2D eigenvalue weighted by Gasteiger charge is -2.27. The Morgan fingerprint density at radius 2 is 1.92 bits per heavy atom. The number of amides is 2. The van der Waals surface area contributed by atoms with Crippen molar-refractivity contribution in [1.29, 1.82) is 0 Å². The van der Waals surface area contributed by atoms with Gasteiger partial charge in [-0.05, 0) is 5.56 Å². The van der Waals surface area contributed by atoms with E-state index in [1.807, 2.05) is 30.3 Å². The van der Waals surface area contributed by atoms with E-state index in [0.29, 0.717) is 31.6 Å². The fourth-order valence-electron chi connectivity index (χ4n) is 2.90. The van der Waals surface area contributed by atoms with Crippen LogP contribution in [0.1, 0.15) is 18.4 Å². The zero-order chi connectivity index (χ0) is 17.5. The second-order valence-electron chi connectivity index (χ2n) is 6.19. The van der Waals surface area contributed by atoms with Gasteiger partial charge in [-0.15, -0.1) is 0 Å². The third-order valence-electron chi connectivity index (χ3n) is 4.36. The molecule has 25 heavy (non-hydrogen) atoms. The molecule has 0 radical (unpaired) electrons. The lowest BCUT2D eigenvalue weighted by molar-refractivity contribution is -0.132. The Balaban J connectivity index is 1.52. The van der Waals surface area contributed by atoms with E-state index < -0.39 is 0 Å². The van der Waals surface area contributed by atoms with E-state index in [4.69, 9.17) is 4.74 Å². The van der Waals surface area contributed by atoms with E-state index in [1.165, 1.54) is 5.01 Å². The topological polar surface area (TPSA) is 74.2 Å². The maximum absolute atomic E-state index is 12.3. The highest BCUT2D eigenvalue weighted by Gasteiger charge is 2.24. The van der Waals surface area contributed by atoms with Gasteiger partial charge in [0.15, 0.2) is 0 Å². The number of nitrogens with one attached hydrogen (secondary N) is 1. The first-order valence-electron chi connectivity index (χ1n) is 8.72. The van der Waals surface area contributed by atoms with Crippen LogP contribution in [0, 0.1) is 0 Å². The van der Waals surface area contributed by atoms with E-state index in [2.05, 4.69) is 15.3 Å². The molecular formula is C18H24N4O3. The van der Waals surface area contributed by atoms with E-state index in [-0.39, 0.29) is 11.8 Å². The van der Waals surface area contributed by atoms with Gasteiger partial charge in [-0.3, -0.25) is 14.5 Å². The first-order chi connectivity index (χ1) is 12.2. The molecule has 1 aromatic carbocycles. The van der Waals surface area contributed by atoms with Gasteiger partial charge in [-0.1, -0.05) is 30.3 Å². The van der Waals surface area contributed by atoms with Gasteiger partial charge in [-0.2, -0.15) is 5.10 Å². The lowest BCUT2D eigenvalue weighted by Crippen LogP contribution is -2.44. The summed E-state index contributed by atoms with van der Waals surface area (Å²) >= 11 is 0. The lowest BCUT2D eigenvalue weighted by atomic mass is 10.1. The summed E-state index contributed by atoms with van der Waals surface area (Å²) in [6, 6.07) is 9.66. The fraction of sp³-hybridized carbons (Fsp3) is 0.500. The average molecular weight is 344 g/mol. The van der Waals surface area contributed by atoms with Gasteiger partial charge in [0.2, 0.25) is 5.91 Å². The van der Waals surface area contributed by atoms with Crippen LogP contribution in [0.4, 0.5) is 0 Å². The Hall–Kier alpha value is -2.25. The summed E-state index contributed by atoms with van der Waals surface area (Å²) in [5.41, 5.74) is 1.42. The molecule has 0 saturated carbocycles. The number of carbonyl (C=O) groups excluding carboxylic acids is 2. The largest absolute Gasteiger partial charge is 0.379 e. The molecule has 0 aliphatic carbocycles. The maximum atomic E-state index is 12.3. The first kappa shape index (κ1) is 17.6. The first-order valence-corrected chi connectivity index (χ1v) is 8.72. The molecule has 2 aliphatic heterocycles. The second-order valence-corrected chi connectivity index (χ2v) is 6.19. The van der Waals surface area contributed by atoms with Crippen molar-refractivity contribution < 1.29 is 14.3 Å². The predicted molar refractivity (Wildman–Crippen MR) is 93.9 cm³/mol. The quantitative estimate of drug-likeness (QED) is 0.821. The van der Waals surface area contributed by atoms with Crippen LogP contribution in [0.3, 0.4) is 0 Å². The highest BCUT2D eigenvalue weighted by Crippen LogP contribution is 2.13. The van der Waals surface area contributed by atoms with E-state index in [9.17, 15) is 9.59 Å². The van der Waals surface area contributed by atoms with Gasteiger partial charge in [-0.25, -0.2) is 5.01 Å². The highest BCUT2D eigenvalue weighted by molar-refractivity contribution is 6.39. The highest BCUT2D eigenvalue weighted by atomic mass is 16.5. The average Bonchev–Trinajstić information content (AvgIpc) is 2.65. The molecule has 3 rings (SSSR count). The minimum Gasteiger partial charge on any atom is -0.379 e. The number of hydrazone groups is 1. The van der Waals surface area contributed by atoms with Crippen LogP contribution in [0.5, 0.6) is 0 Å². The Kier molecular flexibility index (Phi) is 6.14. The summed E-state index contributed by atoms with van der Waals surface area (Å²) in [5, 5.41) is 8.59. The van der Waals surface area contributed by atoms with Crippen molar-refractivity contribution in [2.24, 2.45) is 5.10 Å². The molecule has 1 fully saturated rings. The van der Waals surface area contributed by atoms with Crippen molar-refractivity contribution in [3.63, 3.8) is 0 Å². The Morgan fingerprint density at radius 3 is 2.68 bits per heavy atom. The van der Waals surface area contributed by atoms with Gasteiger partial charge in [0.25, 0.3) is 5.91 Å². The van der Waals surface area contributed by atoms with E-state index in [1.54, 1.807) is 0 Å². The van der Waals surface area contributed by atoms with Crippen LogP contribution >= 0.6 is 0 Å². The van der Waals surface area contributed by atoms with Crippen molar-refractivity contribution >= 4 is 17.5 Å². The number of hydrogen-bond donors (Lipinski definition) is 1. The summed E-state index contributed by atoms with van der Waals surface area (Å²) < 4.78 is 5.31. The summed E-state index contributed by atoms with van der Waals surface area (Å²) in [5.74, 6) is -0.229. The van der Waals surface area contributed by atoms with Gasteiger partial charge in [0.05, 0.1) is 19.8 Å². The van der Waals surface area contributed by atoms with Crippen molar-refractivity contribution in [1.82, 2.24) is 15.2 Å². The molecule has 7 heteroatoms. The summed E-state index contributed by atoms with van der Waals surface area (Å²) in [6.07, 6.45) is 0.718. The van der Waals surface area contributed by atoms with Crippen LogP contribution in [-0.2, 0) is 20.9 Å². The summed E-state index contributed by atoms with van der Waals surface area (Å²) in [6.45, 7) is 5.06. The van der Waals surface area contributed by atoms with Crippen molar-refractivity contribution in [2.45, 2.75) is 19.4 Å². The second kappa shape index (κ2) is 8.73. The minimum atomic E-state index is -0.182. The molecule has 2 amide bonds. The molecule has 1 saturated heterocycles. The molecule has 2 aliphatic rings. The van der Waals surface area contributed by atoms with Gasteiger partial charge >= 0.3 is 0 Å². The van der Waals surface area contributed by atoms with E-state index in [0.717, 1.165) is 38.4 Å². The number of benzene rings is 1. The van der Waals surface area contributed by atoms with Gasteiger partial charge < -0.3 is 10.1 Å². The Bertz CT molecular complexity index is 626. The van der Waals surface area contributed by atoms with Crippen molar-refractivity contribution in [3.05, 3.63) is 35.9 Å². The van der Waals surface area contributed by atoms with Crippen LogP contribution < -0.4 is 5.32 Å². The van der Waals surface area contributed by atoms with E-state index >= 15 is 0 Å². The zero-order valence-corrected chi connectivity index (χ0v) is 14.3. The summed E-state index contributed by atoms with van der Waals surface area (Å²) in [7, 11) is 0. The molecule has 0 spiro atoms. The molecule has 0 atom stereocenters. The van der Waals surface area contributed by atoms with Crippen LogP contribution in [0.25, 0.3) is 0 Å². The summed E-state index contributed by atoms with van der Waals surface area (Å²) in [4.78, 5) is 26.6. The molecule has 0 unspecified atom stereocenters. The smallest absolute Gasteiger partial charge is 0.267 e. The fourth-order valence-corrected chi connectivity index (χ4v) is 2.90. The molecule has 1 N–H and O–H groups in total. The molecular weight excluding hydrogens is 320 g/mol. The maximum Gasteiger partial charge on any atom is 0.267 e. The number of hydrogen-bond acceptors (Lipinski definition) is 5. The van der Waals surface area contributed by atoms with Crippen LogP contribution in [-0.4, -0.2) is 66.8 Å². The van der Waals surface area contributed by atoms with Crippen LogP contribution in [0.2, 0.25) is 0 Å². The Morgan fingerprint density at radius 1 is 1.16 bits per heavy atom. The monoisotopic (exact) mass is 344 g/mol. The standard InChI is InChI=1S/C18H24N4O3/c23-17-7-6-16(20-22(17)14-15-4-2-1-3-5-15)18(24)19-8-9-21-10-12-25-13-11-21/h1-5H,6-14H2,(H,19,24). The third kappa shape index (κ3) is 5.11. The minimum absolute atomic E-state index is 0.0475. The van der Waals surface area contributed by atoms with Crippen molar-refractivity contribution in [3.8, 4) is 0 Å².